The summed E-state index contributed by atoms with van der Waals surface area (Å²) in [6, 6.07) is 0. The monoisotopic (exact) mass is 171 g/mol. The summed E-state index contributed by atoms with van der Waals surface area (Å²) in [5.74, 6) is 0.683. The summed E-state index contributed by atoms with van der Waals surface area (Å²) in [6.07, 6.45) is 3.45. The van der Waals surface area contributed by atoms with Crippen LogP contribution in [0.2, 0.25) is 0 Å². The number of hydrogen-bond donors (Lipinski definition) is 1. The Kier molecular flexibility index (Phi) is 3.13. The van der Waals surface area contributed by atoms with Crippen LogP contribution in [0.15, 0.2) is 0 Å². The molecule has 1 fully saturated rings. The van der Waals surface area contributed by atoms with Crippen LogP contribution in [-0.4, -0.2) is 12.8 Å². The molecule has 2 unspecified atom stereocenters. The van der Waals surface area contributed by atoms with E-state index in [1.165, 1.54) is 12.8 Å². The van der Waals surface area contributed by atoms with Crippen molar-refractivity contribution in [1.82, 2.24) is 0 Å². The molecule has 1 rings (SSSR count). The summed E-state index contributed by atoms with van der Waals surface area (Å²) in [5, 5.41) is 0. The van der Waals surface area contributed by atoms with Crippen molar-refractivity contribution in [1.29, 1.82) is 0 Å². The molecule has 0 spiro atoms. The Morgan fingerprint density at radius 1 is 1.50 bits per heavy atom. The van der Waals surface area contributed by atoms with Gasteiger partial charge in [-0.25, -0.2) is 0 Å². The first-order valence-corrected chi connectivity index (χ1v) is 4.92. The molecular formula is C10H21NO. The number of rotatable bonds is 1. The van der Waals surface area contributed by atoms with Gasteiger partial charge in [-0.1, -0.05) is 20.8 Å². The fourth-order valence-electron chi connectivity index (χ4n) is 1.62. The second kappa shape index (κ2) is 3.75. The minimum atomic E-state index is -0.0226. The predicted molar refractivity (Wildman–Crippen MR) is 50.7 cm³/mol. The van der Waals surface area contributed by atoms with Gasteiger partial charge in [-0.2, -0.15) is 0 Å². The molecule has 0 aromatic rings. The van der Waals surface area contributed by atoms with E-state index >= 15 is 0 Å². The zero-order chi connectivity index (χ0) is 9.19. The summed E-state index contributed by atoms with van der Waals surface area (Å²) in [7, 11) is 0. The molecule has 0 aromatic heterocycles. The lowest BCUT2D eigenvalue weighted by Crippen LogP contribution is -2.31. The standard InChI is InChI=1S/C10H21NO/c1-8(2)10(3)6-4-5-9(11)12-7-10/h8-9H,4-7,11H2,1-3H3. The molecule has 2 atom stereocenters. The Hall–Kier alpha value is -0.0800. The van der Waals surface area contributed by atoms with Gasteiger partial charge in [0, 0.05) is 0 Å². The Morgan fingerprint density at radius 3 is 2.75 bits per heavy atom. The molecule has 0 bridgehead atoms. The first kappa shape index (κ1) is 10.0. The number of hydrogen-bond acceptors (Lipinski definition) is 2. The molecule has 2 N–H and O–H groups in total. The molecule has 1 heterocycles. The van der Waals surface area contributed by atoms with E-state index in [0.29, 0.717) is 11.3 Å². The fourth-order valence-corrected chi connectivity index (χ4v) is 1.62. The summed E-state index contributed by atoms with van der Waals surface area (Å²) in [5.41, 5.74) is 6.08. The van der Waals surface area contributed by atoms with Gasteiger partial charge >= 0.3 is 0 Å². The van der Waals surface area contributed by atoms with Crippen LogP contribution in [0.3, 0.4) is 0 Å². The van der Waals surface area contributed by atoms with Crippen LogP contribution in [0.1, 0.15) is 40.0 Å². The van der Waals surface area contributed by atoms with Gasteiger partial charge in [0.2, 0.25) is 0 Å². The third kappa shape index (κ3) is 2.20. The van der Waals surface area contributed by atoms with Crippen LogP contribution >= 0.6 is 0 Å². The summed E-state index contributed by atoms with van der Waals surface area (Å²) in [6.45, 7) is 7.65. The predicted octanol–water partition coefficient (Wildman–Crippen LogP) is 2.13. The Morgan fingerprint density at radius 2 is 2.17 bits per heavy atom. The Balaban J connectivity index is 2.55. The molecular weight excluding hydrogens is 150 g/mol. The van der Waals surface area contributed by atoms with Crippen molar-refractivity contribution in [2.75, 3.05) is 6.61 Å². The van der Waals surface area contributed by atoms with Gasteiger partial charge in [0.05, 0.1) is 6.61 Å². The molecule has 72 valence electrons. The van der Waals surface area contributed by atoms with E-state index in [1.54, 1.807) is 0 Å². The van der Waals surface area contributed by atoms with E-state index in [9.17, 15) is 0 Å². The zero-order valence-electron chi connectivity index (χ0n) is 8.47. The minimum absolute atomic E-state index is 0.0226. The van der Waals surface area contributed by atoms with E-state index in [-0.39, 0.29) is 6.23 Å². The molecule has 0 saturated carbocycles. The van der Waals surface area contributed by atoms with E-state index < -0.39 is 0 Å². The summed E-state index contributed by atoms with van der Waals surface area (Å²) >= 11 is 0. The zero-order valence-corrected chi connectivity index (χ0v) is 8.47. The van der Waals surface area contributed by atoms with E-state index in [0.717, 1.165) is 13.0 Å². The van der Waals surface area contributed by atoms with Gasteiger partial charge in [0.25, 0.3) is 0 Å². The quantitative estimate of drug-likeness (QED) is 0.656. The maximum Gasteiger partial charge on any atom is 0.105 e. The number of ether oxygens (including phenoxy) is 1. The fraction of sp³-hybridized carbons (Fsp3) is 1.00. The third-order valence-electron chi connectivity index (χ3n) is 3.26. The van der Waals surface area contributed by atoms with E-state index in [1.807, 2.05) is 0 Å². The highest BCUT2D eigenvalue weighted by molar-refractivity contribution is 4.80. The average molecular weight is 171 g/mol. The van der Waals surface area contributed by atoms with Crippen molar-refractivity contribution in [3.63, 3.8) is 0 Å². The van der Waals surface area contributed by atoms with Crippen LogP contribution in [-0.2, 0) is 4.74 Å². The molecule has 1 aliphatic rings. The third-order valence-corrected chi connectivity index (χ3v) is 3.26. The van der Waals surface area contributed by atoms with Crippen molar-refractivity contribution >= 4 is 0 Å². The Labute approximate surface area is 75.5 Å². The van der Waals surface area contributed by atoms with Crippen molar-refractivity contribution in [2.45, 2.75) is 46.3 Å². The highest BCUT2D eigenvalue weighted by Gasteiger charge is 2.31. The maximum atomic E-state index is 5.73. The molecule has 1 saturated heterocycles. The molecule has 12 heavy (non-hydrogen) atoms. The SMILES string of the molecule is CC(C)C1(C)CCCC(N)OC1. The van der Waals surface area contributed by atoms with Crippen molar-refractivity contribution < 1.29 is 4.74 Å². The van der Waals surface area contributed by atoms with E-state index in [4.69, 9.17) is 10.5 Å². The highest BCUT2D eigenvalue weighted by atomic mass is 16.5. The van der Waals surface area contributed by atoms with Gasteiger partial charge in [-0.15, -0.1) is 0 Å². The molecule has 0 aromatic carbocycles. The molecule has 2 nitrogen and oxygen atoms in total. The van der Waals surface area contributed by atoms with Crippen LogP contribution in [0.5, 0.6) is 0 Å². The molecule has 0 aliphatic carbocycles. The normalized spacial score (nSPS) is 38.2. The van der Waals surface area contributed by atoms with Crippen LogP contribution in [0, 0.1) is 11.3 Å². The summed E-state index contributed by atoms with van der Waals surface area (Å²) in [4.78, 5) is 0. The second-order valence-corrected chi connectivity index (χ2v) is 4.55. The second-order valence-electron chi connectivity index (χ2n) is 4.55. The van der Waals surface area contributed by atoms with Crippen molar-refractivity contribution in [3.8, 4) is 0 Å². The summed E-state index contributed by atoms with van der Waals surface area (Å²) < 4.78 is 5.56. The largest absolute Gasteiger partial charge is 0.363 e. The topological polar surface area (TPSA) is 35.2 Å². The minimum Gasteiger partial charge on any atom is -0.363 e. The van der Waals surface area contributed by atoms with Crippen molar-refractivity contribution in [3.05, 3.63) is 0 Å². The molecule has 0 radical (unpaired) electrons. The van der Waals surface area contributed by atoms with Gasteiger partial charge < -0.3 is 10.5 Å². The first-order chi connectivity index (χ1) is 5.54. The van der Waals surface area contributed by atoms with Gasteiger partial charge in [-0.05, 0) is 30.6 Å². The lowest BCUT2D eigenvalue weighted by Gasteiger charge is -2.31. The molecule has 1 aliphatic heterocycles. The number of nitrogens with two attached hydrogens (primary N) is 1. The lowest BCUT2D eigenvalue weighted by atomic mass is 9.76. The van der Waals surface area contributed by atoms with Gasteiger partial charge in [-0.3, -0.25) is 0 Å². The lowest BCUT2D eigenvalue weighted by molar-refractivity contribution is -0.00252. The maximum absolute atomic E-state index is 5.73. The Bertz CT molecular complexity index is 147. The van der Waals surface area contributed by atoms with Crippen LogP contribution in [0.25, 0.3) is 0 Å². The smallest absolute Gasteiger partial charge is 0.105 e. The van der Waals surface area contributed by atoms with Gasteiger partial charge in [0.1, 0.15) is 6.23 Å². The van der Waals surface area contributed by atoms with Crippen LogP contribution < -0.4 is 5.73 Å². The van der Waals surface area contributed by atoms with Crippen molar-refractivity contribution in [2.24, 2.45) is 17.1 Å². The van der Waals surface area contributed by atoms with Gasteiger partial charge in [0.15, 0.2) is 0 Å². The van der Waals surface area contributed by atoms with Crippen LogP contribution in [0.4, 0.5) is 0 Å². The first-order valence-electron chi connectivity index (χ1n) is 4.92. The highest BCUT2D eigenvalue weighted by Crippen LogP contribution is 2.35. The van der Waals surface area contributed by atoms with E-state index in [2.05, 4.69) is 20.8 Å². The molecule has 2 heteroatoms. The molecule has 0 amide bonds. The average Bonchev–Trinajstić information content (AvgIpc) is 2.15.